The molecule has 1 aromatic carbocycles. The molecule has 0 fully saturated rings. The minimum atomic E-state index is -0.00396. The van der Waals surface area contributed by atoms with E-state index in [2.05, 4.69) is 17.2 Å². The Morgan fingerprint density at radius 2 is 2.05 bits per heavy atom. The SMILES string of the molecule is CCc1nc(NC(=O)CC(C)c2ccc(N)cc2)sc1C. The average molecular weight is 303 g/mol. The number of aryl methyl sites for hydroxylation is 2. The van der Waals surface area contributed by atoms with Gasteiger partial charge in [0.1, 0.15) is 0 Å². The van der Waals surface area contributed by atoms with Crippen LogP contribution >= 0.6 is 11.3 Å². The number of hydrogen-bond donors (Lipinski definition) is 2. The summed E-state index contributed by atoms with van der Waals surface area (Å²) in [5.74, 6) is 0.146. The van der Waals surface area contributed by atoms with E-state index < -0.39 is 0 Å². The van der Waals surface area contributed by atoms with Crippen LogP contribution in [0.15, 0.2) is 24.3 Å². The first kappa shape index (κ1) is 15.5. The number of carbonyl (C=O) groups excluding carboxylic acids is 1. The second kappa shape index (κ2) is 6.72. The third kappa shape index (κ3) is 4.04. The topological polar surface area (TPSA) is 68.0 Å². The first-order chi connectivity index (χ1) is 9.99. The van der Waals surface area contributed by atoms with Gasteiger partial charge in [-0.1, -0.05) is 26.0 Å². The van der Waals surface area contributed by atoms with Gasteiger partial charge in [-0.05, 0) is 37.0 Å². The zero-order chi connectivity index (χ0) is 15.4. The van der Waals surface area contributed by atoms with Crippen LogP contribution in [0.1, 0.15) is 42.3 Å². The molecular formula is C16H21N3OS. The lowest BCUT2D eigenvalue weighted by Crippen LogP contribution is -2.14. The Kier molecular flexibility index (Phi) is 4.96. The van der Waals surface area contributed by atoms with Gasteiger partial charge in [0.05, 0.1) is 5.69 Å². The maximum Gasteiger partial charge on any atom is 0.226 e. The van der Waals surface area contributed by atoms with Crippen molar-refractivity contribution in [3.8, 4) is 0 Å². The van der Waals surface area contributed by atoms with E-state index in [9.17, 15) is 4.79 Å². The van der Waals surface area contributed by atoms with E-state index in [1.165, 1.54) is 16.2 Å². The molecule has 0 aliphatic heterocycles. The van der Waals surface area contributed by atoms with Crippen LogP contribution in [-0.2, 0) is 11.2 Å². The van der Waals surface area contributed by atoms with Gasteiger partial charge in [-0.25, -0.2) is 4.98 Å². The van der Waals surface area contributed by atoms with Crippen LogP contribution in [0.4, 0.5) is 10.8 Å². The number of carbonyl (C=O) groups is 1. The summed E-state index contributed by atoms with van der Waals surface area (Å²) in [5.41, 5.74) is 8.58. The smallest absolute Gasteiger partial charge is 0.226 e. The fraction of sp³-hybridized carbons (Fsp3) is 0.375. The van der Waals surface area contributed by atoms with E-state index in [1.54, 1.807) is 0 Å². The third-order valence-corrected chi connectivity index (χ3v) is 4.40. The molecule has 21 heavy (non-hydrogen) atoms. The van der Waals surface area contributed by atoms with Crippen molar-refractivity contribution < 1.29 is 4.79 Å². The van der Waals surface area contributed by atoms with Gasteiger partial charge in [0.2, 0.25) is 5.91 Å². The molecule has 0 aliphatic carbocycles. The minimum Gasteiger partial charge on any atom is -0.399 e. The lowest BCUT2D eigenvalue weighted by molar-refractivity contribution is -0.116. The van der Waals surface area contributed by atoms with Crippen molar-refractivity contribution in [1.82, 2.24) is 4.98 Å². The Morgan fingerprint density at radius 1 is 1.38 bits per heavy atom. The largest absolute Gasteiger partial charge is 0.399 e. The fourth-order valence-corrected chi connectivity index (χ4v) is 3.12. The van der Waals surface area contributed by atoms with Gasteiger partial charge >= 0.3 is 0 Å². The summed E-state index contributed by atoms with van der Waals surface area (Å²) in [5, 5.41) is 3.59. The van der Waals surface area contributed by atoms with Gasteiger partial charge < -0.3 is 11.1 Å². The van der Waals surface area contributed by atoms with Crippen molar-refractivity contribution in [3.63, 3.8) is 0 Å². The van der Waals surface area contributed by atoms with E-state index in [-0.39, 0.29) is 11.8 Å². The Hall–Kier alpha value is -1.88. The second-order valence-electron chi connectivity index (χ2n) is 5.20. The number of thiazole rings is 1. The molecule has 0 saturated carbocycles. The molecule has 5 heteroatoms. The molecule has 0 radical (unpaired) electrons. The van der Waals surface area contributed by atoms with Crippen molar-refractivity contribution in [2.45, 2.75) is 39.5 Å². The van der Waals surface area contributed by atoms with Gasteiger partial charge in [0, 0.05) is 17.0 Å². The summed E-state index contributed by atoms with van der Waals surface area (Å²) in [6, 6.07) is 7.66. The Balaban J connectivity index is 1.96. The summed E-state index contributed by atoms with van der Waals surface area (Å²) in [4.78, 5) is 17.7. The van der Waals surface area contributed by atoms with Crippen molar-refractivity contribution >= 4 is 28.1 Å². The number of nitrogen functional groups attached to an aromatic ring is 1. The zero-order valence-corrected chi connectivity index (χ0v) is 13.5. The third-order valence-electron chi connectivity index (χ3n) is 3.47. The summed E-state index contributed by atoms with van der Waals surface area (Å²) < 4.78 is 0. The highest BCUT2D eigenvalue weighted by Crippen LogP contribution is 2.24. The molecule has 2 aromatic rings. The van der Waals surface area contributed by atoms with Crippen LogP contribution in [0.25, 0.3) is 0 Å². The molecule has 1 heterocycles. The lowest BCUT2D eigenvalue weighted by atomic mass is 9.97. The molecule has 0 saturated heterocycles. The molecule has 0 bridgehead atoms. The number of benzene rings is 1. The zero-order valence-electron chi connectivity index (χ0n) is 12.6. The van der Waals surface area contributed by atoms with Crippen molar-refractivity contribution in [2.75, 3.05) is 11.1 Å². The van der Waals surface area contributed by atoms with Gasteiger partial charge in [-0.3, -0.25) is 4.79 Å². The lowest BCUT2D eigenvalue weighted by Gasteiger charge is -2.11. The predicted octanol–water partition coefficient (Wildman–Crippen LogP) is 3.73. The van der Waals surface area contributed by atoms with E-state index in [0.29, 0.717) is 11.6 Å². The molecule has 1 aromatic heterocycles. The highest BCUT2D eigenvalue weighted by molar-refractivity contribution is 7.15. The van der Waals surface area contributed by atoms with Gasteiger partial charge in [0.25, 0.3) is 0 Å². The Labute approximate surface area is 129 Å². The first-order valence-corrected chi connectivity index (χ1v) is 7.92. The molecule has 1 unspecified atom stereocenters. The van der Waals surface area contributed by atoms with Crippen LogP contribution in [0.3, 0.4) is 0 Å². The number of nitrogens with two attached hydrogens (primary N) is 1. The number of rotatable bonds is 5. The molecule has 4 nitrogen and oxygen atoms in total. The van der Waals surface area contributed by atoms with E-state index >= 15 is 0 Å². The number of nitrogens with one attached hydrogen (secondary N) is 1. The van der Waals surface area contributed by atoms with Crippen molar-refractivity contribution in [1.29, 1.82) is 0 Å². The van der Waals surface area contributed by atoms with Crippen molar-refractivity contribution in [3.05, 3.63) is 40.4 Å². The van der Waals surface area contributed by atoms with Gasteiger partial charge in [-0.2, -0.15) is 0 Å². The highest BCUT2D eigenvalue weighted by Gasteiger charge is 2.13. The molecule has 1 atom stereocenters. The number of nitrogens with zero attached hydrogens (tertiary/aromatic N) is 1. The molecule has 2 rings (SSSR count). The van der Waals surface area contributed by atoms with E-state index in [1.807, 2.05) is 38.1 Å². The second-order valence-corrected chi connectivity index (χ2v) is 6.40. The summed E-state index contributed by atoms with van der Waals surface area (Å²) in [6.07, 6.45) is 1.32. The molecule has 0 aliphatic rings. The number of amides is 1. The fourth-order valence-electron chi connectivity index (χ4n) is 2.20. The van der Waals surface area contributed by atoms with Crippen LogP contribution in [0.5, 0.6) is 0 Å². The predicted molar refractivity (Wildman–Crippen MR) is 88.7 cm³/mol. The van der Waals surface area contributed by atoms with Gasteiger partial charge in [0.15, 0.2) is 5.13 Å². The van der Waals surface area contributed by atoms with Crippen LogP contribution in [-0.4, -0.2) is 10.9 Å². The number of aromatic nitrogens is 1. The molecule has 3 N–H and O–H groups in total. The minimum absolute atomic E-state index is 0.00396. The average Bonchev–Trinajstić information content (AvgIpc) is 2.79. The first-order valence-electron chi connectivity index (χ1n) is 7.11. The molecule has 0 spiro atoms. The van der Waals surface area contributed by atoms with Crippen LogP contribution in [0.2, 0.25) is 0 Å². The highest BCUT2D eigenvalue weighted by atomic mass is 32.1. The van der Waals surface area contributed by atoms with E-state index in [4.69, 9.17) is 5.73 Å². The van der Waals surface area contributed by atoms with Crippen LogP contribution in [0, 0.1) is 6.92 Å². The quantitative estimate of drug-likeness (QED) is 0.827. The molecular weight excluding hydrogens is 282 g/mol. The van der Waals surface area contributed by atoms with Gasteiger partial charge in [-0.15, -0.1) is 11.3 Å². The Morgan fingerprint density at radius 3 is 2.62 bits per heavy atom. The molecule has 112 valence electrons. The summed E-state index contributed by atoms with van der Waals surface area (Å²) in [7, 11) is 0. The normalized spacial score (nSPS) is 12.1. The number of anilines is 2. The maximum atomic E-state index is 12.1. The van der Waals surface area contributed by atoms with Crippen molar-refractivity contribution in [2.24, 2.45) is 0 Å². The Bertz CT molecular complexity index is 619. The van der Waals surface area contributed by atoms with Crippen LogP contribution < -0.4 is 11.1 Å². The molecule has 1 amide bonds. The summed E-state index contributed by atoms with van der Waals surface area (Å²) >= 11 is 1.53. The van der Waals surface area contributed by atoms with E-state index in [0.717, 1.165) is 23.4 Å². The summed E-state index contributed by atoms with van der Waals surface area (Å²) in [6.45, 7) is 6.13. The standard InChI is InChI=1S/C16H21N3OS/c1-4-14-11(3)21-16(18-14)19-15(20)9-10(2)12-5-7-13(17)8-6-12/h5-8,10H,4,9,17H2,1-3H3,(H,18,19,20). The maximum absolute atomic E-state index is 12.1. The monoisotopic (exact) mass is 303 g/mol. The number of hydrogen-bond acceptors (Lipinski definition) is 4.